The zero-order valence-electron chi connectivity index (χ0n) is 8.06. The van der Waals surface area contributed by atoms with Crippen LogP contribution in [0.1, 0.15) is 26.7 Å². The van der Waals surface area contributed by atoms with Gasteiger partial charge in [0.25, 0.3) is 0 Å². The van der Waals surface area contributed by atoms with Gasteiger partial charge in [0.1, 0.15) is 6.04 Å². The van der Waals surface area contributed by atoms with Gasteiger partial charge in [-0.25, -0.2) is 0 Å². The summed E-state index contributed by atoms with van der Waals surface area (Å²) in [6.07, 6.45) is -4.79. The quantitative estimate of drug-likeness (QED) is 0.748. The number of alkyl halides is 3. The predicted molar refractivity (Wildman–Crippen MR) is 44.7 cm³/mol. The molecule has 84 valence electrons. The first kappa shape index (κ1) is 13.2. The van der Waals surface area contributed by atoms with E-state index in [1.807, 2.05) is 0 Å². The van der Waals surface area contributed by atoms with E-state index in [1.165, 1.54) is 0 Å². The Hall–Kier alpha value is -0.780. The first-order valence-electron chi connectivity index (χ1n) is 4.13. The molecule has 1 atom stereocenters. The second-order valence-corrected chi connectivity index (χ2v) is 3.87. The molecule has 0 aliphatic rings. The fraction of sp³-hybridized carbons (Fsp3) is 0.875. The number of hydrogen-bond donors (Lipinski definition) is 2. The summed E-state index contributed by atoms with van der Waals surface area (Å²) in [5.41, 5.74) is 3.21. The minimum atomic E-state index is -4.33. The Bertz CT molecular complexity index is 213. The molecule has 0 aliphatic heterocycles. The lowest BCUT2D eigenvalue weighted by Crippen LogP contribution is -2.36. The molecule has 0 aromatic heterocycles. The van der Waals surface area contributed by atoms with Gasteiger partial charge < -0.3 is 10.8 Å². The summed E-state index contributed by atoms with van der Waals surface area (Å²) in [5, 5.41) is 8.38. The molecule has 0 rings (SSSR count). The summed E-state index contributed by atoms with van der Waals surface area (Å²) in [6, 6.07) is -1.23. The van der Waals surface area contributed by atoms with E-state index in [-0.39, 0.29) is 12.8 Å². The minimum absolute atomic E-state index is 0.179. The van der Waals surface area contributed by atoms with Crippen LogP contribution >= 0.6 is 0 Å². The van der Waals surface area contributed by atoms with Crippen molar-refractivity contribution in [2.75, 3.05) is 0 Å². The number of rotatable bonds is 4. The van der Waals surface area contributed by atoms with Gasteiger partial charge in [0.2, 0.25) is 0 Å². The maximum atomic E-state index is 12.3. The van der Waals surface area contributed by atoms with Gasteiger partial charge in [-0.3, -0.25) is 4.79 Å². The fourth-order valence-corrected chi connectivity index (χ4v) is 0.782. The van der Waals surface area contributed by atoms with E-state index in [1.54, 1.807) is 0 Å². The average molecular weight is 213 g/mol. The highest BCUT2D eigenvalue weighted by molar-refractivity contribution is 5.72. The molecule has 6 heteroatoms. The van der Waals surface area contributed by atoms with Crippen molar-refractivity contribution < 1.29 is 23.1 Å². The molecule has 0 aromatic carbocycles. The highest BCUT2D eigenvalue weighted by Gasteiger charge is 2.46. The van der Waals surface area contributed by atoms with Crippen LogP contribution in [0.4, 0.5) is 13.2 Å². The molecule has 0 bridgehead atoms. The molecule has 0 amide bonds. The van der Waals surface area contributed by atoms with Gasteiger partial charge in [-0.2, -0.15) is 13.2 Å². The summed E-state index contributed by atoms with van der Waals surface area (Å²) < 4.78 is 36.9. The van der Waals surface area contributed by atoms with E-state index in [2.05, 4.69) is 0 Å². The van der Waals surface area contributed by atoms with Gasteiger partial charge in [-0.1, -0.05) is 13.8 Å². The number of hydrogen-bond acceptors (Lipinski definition) is 2. The first-order chi connectivity index (χ1) is 6.08. The molecular formula is C8H14F3NO2. The van der Waals surface area contributed by atoms with Gasteiger partial charge >= 0.3 is 12.1 Å². The molecule has 0 aromatic rings. The number of nitrogens with two attached hydrogens (primary N) is 1. The molecule has 0 heterocycles. The Morgan fingerprint density at radius 2 is 1.86 bits per heavy atom. The summed E-state index contributed by atoms with van der Waals surface area (Å²) >= 11 is 0. The van der Waals surface area contributed by atoms with Crippen LogP contribution in [0.5, 0.6) is 0 Å². The largest absolute Gasteiger partial charge is 0.480 e. The Kier molecular flexibility index (Phi) is 3.93. The smallest absolute Gasteiger partial charge is 0.393 e. The number of carboxylic acids is 1. The lowest BCUT2D eigenvalue weighted by Gasteiger charge is -2.28. The Labute approximate surface area is 80.1 Å². The molecule has 0 saturated heterocycles. The second-order valence-electron chi connectivity index (χ2n) is 3.87. The maximum Gasteiger partial charge on any atom is 0.393 e. The molecule has 0 radical (unpaired) electrons. The van der Waals surface area contributed by atoms with Crippen LogP contribution in [0.3, 0.4) is 0 Å². The molecule has 0 unspecified atom stereocenters. The molecule has 3 N–H and O–H groups in total. The first-order valence-corrected chi connectivity index (χ1v) is 4.13. The summed E-state index contributed by atoms with van der Waals surface area (Å²) in [4.78, 5) is 10.3. The predicted octanol–water partition coefficient (Wildman–Crippen LogP) is 1.77. The summed E-state index contributed by atoms with van der Waals surface area (Å²) in [7, 11) is 0. The maximum absolute atomic E-state index is 12.3. The third-order valence-electron chi connectivity index (χ3n) is 2.16. The third kappa shape index (κ3) is 3.53. The van der Waals surface area contributed by atoms with E-state index in [9.17, 15) is 18.0 Å². The second kappa shape index (κ2) is 4.16. The van der Waals surface area contributed by atoms with Crippen molar-refractivity contribution in [3.63, 3.8) is 0 Å². The van der Waals surface area contributed by atoms with Crippen molar-refractivity contribution in [3.05, 3.63) is 0 Å². The van der Waals surface area contributed by atoms with E-state index >= 15 is 0 Å². The van der Waals surface area contributed by atoms with Gasteiger partial charge in [0, 0.05) is 0 Å². The van der Waals surface area contributed by atoms with Gasteiger partial charge in [0.05, 0.1) is 5.41 Å². The number of halogens is 3. The van der Waals surface area contributed by atoms with Crippen molar-refractivity contribution in [2.45, 2.75) is 38.9 Å². The molecule has 3 nitrogen and oxygen atoms in total. The van der Waals surface area contributed by atoms with Crippen LogP contribution in [0.2, 0.25) is 0 Å². The standard InChI is InChI=1S/C8H14F3NO2/c1-7(2,8(9,10)11)4-3-5(12)6(13)14/h5H,3-4,12H2,1-2H3,(H,13,14)/t5-/m0/s1. The van der Waals surface area contributed by atoms with E-state index in [0.29, 0.717) is 0 Å². The van der Waals surface area contributed by atoms with Crippen LogP contribution in [-0.2, 0) is 4.79 Å². The number of aliphatic carboxylic acids is 1. The number of carboxylic acid groups (broad SMARTS) is 1. The average Bonchev–Trinajstić information content (AvgIpc) is 1.97. The topological polar surface area (TPSA) is 63.3 Å². The van der Waals surface area contributed by atoms with Crippen molar-refractivity contribution >= 4 is 5.97 Å². The summed E-state index contributed by atoms with van der Waals surface area (Å²) in [5.74, 6) is -1.28. The highest BCUT2D eigenvalue weighted by Crippen LogP contribution is 2.41. The van der Waals surface area contributed by atoms with Crippen molar-refractivity contribution in [1.29, 1.82) is 0 Å². The summed E-state index contributed by atoms with van der Waals surface area (Å²) in [6.45, 7) is 2.06. The molecule has 0 aliphatic carbocycles. The molecule has 0 spiro atoms. The Morgan fingerprint density at radius 3 is 2.14 bits per heavy atom. The van der Waals surface area contributed by atoms with Crippen LogP contribution in [0, 0.1) is 5.41 Å². The van der Waals surface area contributed by atoms with Gasteiger partial charge in [-0.05, 0) is 12.8 Å². The monoisotopic (exact) mass is 213 g/mol. The highest BCUT2D eigenvalue weighted by atomic mass is 19.4. The fourth-order valence-electron chi connectivity index (χ4n) is 0.782. The van der Waals surface area contributed by atoms with Crippen molar-refractivity contribution in [3.8, 4) is 0 Å². The van der Waals surface area contributed by atoms with E-state index < -0.39 is 23.6 Å². The van der Waals surface area contributed by atoms with Crippen LogP contribution in [0.15, 0.2) is 0 Å². The van der Waals surface area contributed by atoms with Crippen LogP contribution in [0.25, 0.3) is 0 Å². The number of carbonyl (C=O) groups is 1. The van der Waals surface area contributed by atoms with Crippen LogP contribution in [-0.4, -0.2) is 23.3 Å². The zero-order valence-corrected chi connectivity index (χ0v) is 8.06. The van der Waals surface area contributed by atoms with Crippen molar-refractivity contribution in [1.82, 2.24) is 0 Å². The molecule has 0 saturated carbocycles. The van der Waals surface area contributed by atoms with E-state index in [4.69, 9.17) is 10.8 Å². The zero-order chi connectivity index (χ0) is 11.6. The molecule has 14 heavy (non-hydrogen) atoms. The Balaban J connectivity index is 4.20. The van der Waals surface area contributed by atoms with Crippen molar-refractivity contribution in [2.24, 2.45) is 11.1 Å². The molecular weight excluding hydrogens is 199 g/mol. The Morgan fingerprint density at radius 1 is 1.43 bits per heavy atom. The van der Waals surface area contributed by atoms with Gasteiger partial charge in [-0.15, -0.1) is 0 Å². The van der Waals surface area contributed by atoms with Crippen LogP contribution < -0.4 is 5.73 Å². The molecule has 0 fully saturated rings. The minimum Gasteiger partial charge on any atom is -0.480 e. The van der Waals surface area contributed by atoms with E-state index in [0.717, 1.165) is 13.8 Å². The normalized spacial score (nSPS) is 15.3. The SMILES string of the molecule is CC(C)(CC[C@H](N)C(=O)O)C(F)(F)F. The lowest BCUT2D eigenvalue weighted by molar-refractivity contribution is -0.214. The lowest BCUT2D eigenvalue weighted by atomic mass is 9.86. The van der Waals surface area contributed by atoms with Gasteiger partial charge in [0.15, 0.2) is 0 Å². The third-order valence-corrected chi connectivity index (χ3v) is 2.16.